The van der Waals surface area contributed by atoms with E-state index < -0.39 is 23.5 Å². The molecule has 0 aliphatic rings. The maximum atomic E-state index is 12.8. The van der Waals surface area contributed by atoms with Gasteiger partial charge in [0.05, 0.1) is 11.1 Å². The molecule has 3 aromatic rings. The Morgan fingerprint density at radius 3 is 1.79 bits per heavy atom. The highest BCUT2D eigenvalue weighted by atomic mass is 19.4. The largest absolute Gasteiger partial charge is 0.416 e. The highest BCUT2D eigenvalue weighted by molar-refractivity contribution is 5.97. The molecular weight excluding hydrogens is 394 g/mol. The van der Waals surface area contributed by atoms with Crippen molar-refractivity contribution in [1.29, 1.82) is 0 Å². The van der Waals surface area contributed by atoms with Crippen LogP contribution >= 0.6 is 0 Å². The molecule has 0 aliphatic carbocycles. The number of rotatable bonds is 4. The molecule has 0 aromatic heterocycles. The lowest BCUT2D eigenvalue weighted by atomic mass is 9.98. The molecule has 0 fully saturated rings. The predicted octanol–water partition coefficient (Wildman–Crippen LogP) is 6.82. The van der Waals surface area contributed by atoms with Crippen LogP contribution < -0.4 is 0 Å². The summed E-state index contributed by atoms with van der Waals surface area (Å²) >= 11 is 0. The molecule has 0 heterocycles. The van der Waals surface area contributed by atoms with E-state index in [9.17, 15) is 31.1 Å². The molecule has 0 aliphatic heterocycles. The van der Waals surface area contributed by atoms with Gasteiger partial charge in [-0.3, -0.25) is 4.79 Å². The lowest BCUT2D eigenvalue weighted by Crippen LogP contribution is -2.08. The number of carbonyl (C=O) groups excluding carboxylic acids is 1. The third-order valence-corrected chi connectivity index (χ3v) is 4.35. The second-order valence-corrected chi connectivity index (χ2v) is 6.45. The minimum atomic E-state index is -4.49. The predicted molar refractivity (Wildman–Crippen MR) is 96.4 cm³/mol. The van der Waals surface area contributed by atoms with E-state index in [0.717, 1.165) is 24.3 Å². The van der Waals surface area contributed by atoms with Gasteiger partial charge < -0.3 is 0 Å². The minimum Gasteiger partial charge on any atom is -0.294 e. The maximum Gasteiger partial charge on any atom is 0.416 e. The molecule has 0 unspecified atom stereocenters. The summed E-state index contributed by atoms with van der Waals surface area (Å²) in [4.78, 5) is 12.4. The van der Waals surface area contributed by atoms with Gasteiger partial charge in [0.2, 0.25) is 0 Å². The van der Waals surface area contributed by atoms with E-state index in [-0.39, 0.29) is 23.3 Å². The summed E-state index contributed by atoms with van der Waals surface area (Å²) in [5.74, 6) is -0.389. The number of alkyl halides is 6. The SMILES string of the molecule is O=C(Cc1cccc(C(F)(F)F)c1)c1ccc(-c2cccc(C(F)(F)F)c2)cc1. The second kappa shape index (κ2) is 7.73. The van der Waals surface area contributed by atoms with Crippen LogP contribution in [0.4, 0.5) is 26.3 Å². The monoisotopic (exact) mass is 408 g/mol. The average molecular weight is 408 g/mol. The molecule has 1 nitrogen and oxygen atoms in total. The molecule has 7 heteroatoms. The fourth-order valence-electron chi connectivity index (χ4n) is 2.87. The van der Waals surface area contributed by atoms with Crippen LogP contribution in [0.5, 0.6) is 0 Å². The van der Waals surface area contributed by atoms with Crippen molar-refractivity contribution in [3.63, 3.8) is 0 Å². The molecule has 0 N–H and O–H groups in total. The second-order valence-electron chi connectivity index (χ2n) is 6.45. The van der Waals surface area contributed by atoms with Gasteiger partial charge in [-0.1, -0.05) is 54.6 Å². The Balaban J connectivity index is 1.78. The quantitative estimate of drug-likeness (QED) is 0.342. The molecule has 0 saturated heterocycles. The zero-order chi connectivity index (χ0) is 21.2. The van der Waals surface area contributed by atoms with Crippen LogP contribution in [0.2, 0.25) is 0 Å². The molecule has 29 heavy (non-hydrogen) atoms. The molecule has 0 amide bonds. The van der Waals surface area contributed by atoms with Crippen LogP contribution in [-0.4, -0.2) is 5.78 Å². The van der Waals surface area contributed by atoms with Gasteiger partial charge in [-0.25, -0.2) is 0 Å². The number of hydrogen-bond donors (Lipinski definition) is 0. The summed E-state index contributed by atoms with van der Waals surface area (Å²) in [6.45, 7) is 0. The topological polar surface area (TPSA) is 17.1 Å². The van der Waals surface area contributed by atoms with Crippen LogP contribution in [0.3, 0.4) is 0 Å². The van der Waals surface area contributed by atoms with E-state index >= 15 is 0 Å². The van der Waals surface area contributed by atoms with Gasteiger partial charge >= 0.3 is 12.4 Å². The number of Topliss-reactive ketones (excluding diaryl/α,β-unsaturated/α-hetero) is 1. The zero-order valence-corrected chi connectivity index (χ0v) is 14.8. The number of carbonyl (C=O) groups is 1. The Kier molecular flexibility index (Phi) is 5.50. The minimum absolute atomic E-state index is 0.215. The first-order valence-electron chi connectivity index (χ1n) is 8.51. The fraction of sp³-hybridized carbons (Fsp3) is 0.136. The Hall–Kier alpha value is -3.09. The highest BCUT2D eigenvalue weighted by Gasteiger charge is 2.31. The van der Waals surface area contributed by atoms with Gasteiger partial charge in [0, 0.05) is 12.0 Å². The first-order chi connectivity index (χ1) is 13.5. The van der Waals surface area contributed by atoms with Gasteiger partial charge in [0.1, 0.15) is 0 Å². The number of benzene rings is 3. The van der Waals surface area contributed by atoms with Crippen LogP contribution in [-0.2, 0) is 18.8 Å². The standard InChI is InChI=1S/C22H14F6O/c23-21(24,25)18-5-1-3-14(11-18)12-20(29)16-9-7-15(8-10-16)17-4-2-6-19(13-17)22(26,27)28/h1-11,13H,12H2. The van der Waals surface area contributed by atoms with E-state index in [0.29, 0.717) is 11.1 Å². The van der Waals surface area contributed by atoms with E-state index in [1.54, 1.807) is 0 Å². The van der Waals surface area contributed by atoms with Crippen molar-refractivity contribution in [2.24, 2.45) is 0 Å². The van der Waals surface area contributed by atoms with Crippen molar-refractivity contribution in [2.45, 2.75) is 18.8 Å². The first-order valence-corrected chi connectivity index (χ1v) is 8.51. The van der Waals surface area contributed by atoms with Crippen molar-refractivity contribution in [2.75, 3.05) is 0 Å². The highest BCUT2D eigenvalue weighted by Crippen LogP contribution is 2.32. The number of ketones is 1. The Bertz CT molecular complexity index is 1020. The van der Waals surface area contributed by atoms with Gasteiger partial charge in [0.15, 0.2) is 5.78 Å². The molecule has 0 spiro atoms. The van der Waals surface area contributed by atoms with Crippen molar-refractivity contribution < 1.29 is 31.1 Å². The summed E-state index contributed by atoms with van der Waals surface area (Å²) in [5, 5.41) is 0. The lowest BCUT2D eigenvalue weighted by molar-refractivity contribution is -0.138. The van der Waals surface area contributed by atoms with E-state index in [2.05, 4.69) is 0 Å². The number of halogens is 6. The van der Waals surface area contributed by atoms with E-state index in [1.807, 2.05) is 0 Å². The van der Waals surface area contributed by atoms with Gasteiger partial charge in [-0.05, 0) is 34.9 Å². The molecule has 0 bridgehead atoms. The van der Waals surface area contributed by atoms with Crippen LogP contribution in [0.15, 0.2) is 72.8 Å². The van der Waals surface area contributed by atoms with Crippen molar-refractivity contribution in [3.8, 4) is 11.1 Å². The summed E-state index contributed by atoms with van der Waals surface area (Å²) in [5.41, 5.74) is -0.282. The van der Waals surface area contributed by atoms with Gasteiger partial charge in [0.25, 0.3) is 0 Å². The molecule has 0 saturated carbocycles. The first kappa shape index (κ1) is 20.6. The summed E-state index contributed by atoms with van der Waals surface area (Å²) < 4.78 is 76.9. The average Bonchev–Trinajstić information content (AvgIpc) is 2.67. The molecule has 3 aromatic carbocycles. The van der Waals surface area contributed by atoms with Crippen molar-refractivity contribution in [1.82, 2.24) is 0 Å². The molecule has 3 rings (SSSR count). The van der Waals surface area contributed by atoms with E-state index in [1.165, 1.54) is 48.5 Å². The Labute approximate surface area is 162 Å². The summed E-state index contributed by atoms with van der Waals surface area (Å²) in [7, 11) is 0. The van der Waals surface area contributed by atoms with Gasteiger partial charge in [-0.2, -0.15) is 26.3 Å². The Morgan fingerprint density at radius 1 is 0.655 bits per heavy atom. The lowest BCUT2D eigenvalue weighted by Gasteiger charge is -2.10. The molecule has 0 atom stereocenters. The Morgan fingerprint density at radius 2 is 1.21 bits per heavy atom. The normalized spacial score (nSPS) is 12.1. The van der Waals surface area contributed by atoms with Gasteiger partial charge in [-0.15, -0.1) is 0 Å². The molecule has 150 valence electrons. The van der Waals surface area contributed by atoms with Crippen LogP contribution in [0.1, 0.15) is 27.0 Å². The third kappa shape index (κ3) is 5.04. The van der Waals surface area contributed by atoms with E-state index in [4.69, 9.17) is 0 Å². The van der Waals surface area contributed by atoms with Crippen molar-refractivity contribution in [3.05, 3.63) is 95.1 Å². The smallest absolute Gasteiger partial charge is 0.294 e. The number of hydrogen-bond acceptors (Lipinski definition) is 1. The molecule has 0 radical (unpaired) electrons. The summed E-state index contributed by atoms with van der Waals surface area (Å²) in [6.07, 6.45) is -9.17. The molecular formula is C22H14F6O. The zero-order valence-electron chi connectivity index (χ0n) is 14.8. The maximum absolute atomic E-state index is 12.8. The van der Waals surface area contributed by atoms with Crippen LogP contribution in [0.25, 0.3) is 11.1 Å². The summed E-state index contributed by atoms with van der Waals surface area (Å²) in [6, 6.07) is 15.2. The van der Waals surface area contributed by atoms with Crippen LogP contribution in [0, 0.1) is 0 Å². The van der Waals surface area contributed by atoms with Crippen molar-refractivity contribution >= 4 is 5.78 Å². The third-order valence-electron chi connectivity index (χ3n) is 4.35. The fourth-order valence-corrected chi connectivity index (χ4v) is 2.87.